The summed E-state index contributed by atoms with van der Waals surface area (Å²) in [5, 5.41) is 10.2. The Morgan fingerprint density at radius 3 is 2.43 bits per heavy atom. The van der Waals surface area contributed by atoms with Crippen LogP contribution in [0.2, 0.25) is 0 Å². The van der Waals surface area contributed by atoms with E-state index >= 15 is 0 Å². The summed E-state index contributed by atoms with van der Waals surface area (Å²) in [7, 11) is 1.57. The standard InChI is InChI=1S/C15H15FN4O/c1-20(13-5-3-2-4-12(13)14(17)18)15(21)19-11-8-6-10(16)7-9-11/h2-9H,1H3,(H3,17,18)(H,19,21). The minimum Gasteiger partial charge on any atom is -0.384 e. The number of anilines is 2. The first-order valence-electron chi connectivity index (χ1n) is 6.22. The number of nitrogens with two attached hydrogens (primary N) is 1. The first kappa shape index (κ1) is 14.5. The third-order valence-corrected chi connectivity index (χ3v) is 2.96. The molecule has 2 rings (SSSR count). The van der Waals surface area contributed by atoms with Gasteiger partial charge in [-0.2, -0.15) is 0 Å². The molecule has 108 valence electrons. The summed E-state index contributed by atoms with van der Waals surface area (Å²) in [4.78, 5) is 13.5. The van der Waals surface area contributed by atoms with Crippen molar-refractivity contribution in [1.29, 1.82) is 5.41 Å². The highest BCUT2D eigenvalue weighted by Gasteiger charge is 2.15. The minimum atomic E-state index is -0.407. The maximum Gasteiger partial charge on any atom is 0.326 e. The predicted octanol–water partition coefficient (Wildman–Crippen LogP) is 2.78. The van der Waals surface area contributed by atoms with Gasteiger partial charge in [0.05, 0.1) is 5.69 Å². The second-order valence-corrected chi connectivity index (χ2v) is 4.43. The molecule has 0 unspecified atom stereocenters. The Hall–Kier alpha value is -2.89. The SMILES string of the molecule is CN(C(=O)Nc1ccc(F)cc1)c1ccccc1C(=N)N. The van der Waals surface area contributed by atoms with Crippen LogP contribution in [0.3, 0.4) is 0 Å². The molecule has 0 bridgehead atoms. The Kier molecular flexibility index (Phi) is 4.18. The maximum atomic E-state index is 12.8. The van der Waals surface area contributed by atoms with E-state index in [1.165, 1.54) is 29.2 Å². The Labute approximate surface area is 121 Å². The predicted molar refractivity (Wildman–Crippen MR) is 81.3 cm³/mol. The van der Waals surface area contributed by atoms with Crippen LogP contribution in [0.25, 0.3) is 0 Å². The Balaban J connectivity index is 2.20. The van der Waals surface area contributed by atoms with Gasteiger partial charge in [0.15, 0.2) is 0 Å². The fraction of sp³-hybridized carbons (Fsp3) is 0.0667. The molecule has 0 aromatic heterocycles. The van der Waals surface area contributed by atoms with Crippen LogP contribution in [0.5, 0.6) is 0 Å². The molecule has 0 spiro atoms. The number of benzene rings is 2. The summed E-state index contributed by atoms with van der Waals surface area (Å²) in [6, 6.07) is 11.9. The van der Waals surface area contributed by atoms with Crippen LogP contribution in [0.1, 0.15) is 5.56 Å². The molecule has 6 heteroatoms. The lowest BCUT2D eigenvalue weighted by Crippen LogP contribution is -2.32. The lowest BCUT2D eigenvalue weighted by Gasteiger charge is -2.20. The van der Waals surface area contributed by atoms with Gasteiger partial charge >= 0.3 is 6.03 Å². The van der Waals surface area contributed by atoms with Gasteiger partial charge in [0.1, 0.15) is 11.7 Å². The average molecular weight is 286 g/mol. The van der Waals surface area contributed by atoms with Crippen LogP contribution in [-0.4, -0.2) is 18.9 Å². The van der Waals surface area contributed by atoms with Gasteiger partial charge in [0.2, 0.25) is 0 Å². The van der Waals surface area contributed by atoms with Gasteiger partial charge in [0, 0.05) is 18.3 Å². The van der Waals surface area contributed by atoms with E-state index in [1.807, 2.05) is 0 Å². The van der Waals surface area contributed by atoms with E-state index in [0.29, 0.717) is 16.9 Å². The van der Waals surface area contributed by atoms with Gasteiger partial charge in [-0.25, -0.2) is 9.18 Å². The number of amides is 2. The highest BCUT2D eigenvalue weighted by Crippen LogP contribution is 2.19. The summed E-state index contributed by atoms with van der Waals surface area (Å²) in [5.74, 6) is -0.490. The first-order valence-corrected chi connectivity index (χ1v) is 6.22. The maximum absolute atomic E-state index is 12.8. The number of para-hydroxylation sites is 1. The number of nitrogens with one attached hydrogen (secondary N) is 2. The molecule has 2 amide bonds. The number of hydrogen-bond acceptors (Lipinski definition) is 2. The number of urea groups is 1. The number of carbonyl (C=O) groups is 1. The fourth-order valence-corrected chi connectivity index (χ4v) is 1.84. The summed E-state index contributed by atoms with van der Waals surface area (Å²) in [6.07, 6.45) is 0. The average Bonchev–Trinajstić information content (AvgIpc) is 2.48. The van der Waals surface area contributed by atoms with Crippen molar-refractivity contribution in [2.45, 2.75) is 0 Å². The van der Waals surface area contributed by atoms with Gasteiger partial charge in [-0.1, -0.05) is 12.1 Å². The van der Waals surface area contributed by atoms with E-state index in [1.54, 1.807) is 31.3 Å². The number of nitrogens with zero attached hydrogens (tertiary/aromatic N) is 1. The molecule has 2 aromatic rings. The summed E-state index contributed by atoms with van der Waals surface area (Å²) in [6.45, 7) is 0. The van der Waals surface area contributed by atoms with E-state index in [9.17, 15) is 9.18 Å². The molecule has 0 fully saturated rings. The van der Waals surface area contributed by atoms with Crippen molar-refractivity contribution < 1.29 is 9.18 Å². The van der Waals surface area contributed by atoms with Crippen molar-refractivity contribution in [1.82, 2.24) is 0 Å². The van der Waals surface area contributed by atoms with E-state index in [2.05, 4.69) is 5.32 Å². The van der Waals surface area contributed by atoms with Gasteiger partial charge in [-0.05, 0) is 36.4 Å². The highest BCUT2D eigenvalue weighted by molar-refractivity contribution is 6.07. The topological polar surface area (TPSA) is 82.2 Å². The molecule has 0 saturated heterocycles. The number of carbonyl (C=O) groups excluding carboxylic acids is 1. The summed E-state index contributed by atoms with van der Waals surface area (Å²) >= 11 is 0. The van der Waals surface area contributed by atoms with Crippen LogP contribution in [0.4, 0.5) is 20.6 Å². The Morgan fingerprint density at radius 1 is 1.19 bits per heavy atom. The molecular weight excluding hydrogens is 271 g/mol. The Morgan fingerprint density at radius 2 is 1.81 bits per heavy atom. The smallest absolute Gasteiger partial charge is 0.326 e. The van der Waals surface area contributed by atoms with E-state index < -0.39 is 6.03 Å². The third kappa shape index (κ3) is 3.36. The van der Waals surface area contributed by atoms with Crippen LogP contribution in [0, 0.1) is 11.2 Å². The number of hydrogen-bond donors (Lipinski definition) is 3. The molecule has 0 aliphatic carbocycles. The molecule has 5 nitrogen and oxygen atoms in total. The van der Waals surface area contributed by atoms with E-state index in [4.69, 9.17) is 11.1 Å². The molecule has 21 heavy (non-hydrogen) atoms. The molecule has 0 atom stereocenters. The van der Waals surface area contributed by atoms with Gasteiger partial charge < -0.3 is 11.1 Å². The summed E-state index contributed by atoms with van der Waals surface area (Å²) in [5.41, 5.74) is 6.97. The molecule has 0 saturated carbocycles. The zero-order valence-electron chi connectivity index (χ0n) is 11.4. The molecule has 0 aliphatic heterocycles. The van der Waals surface area contributed by atoms with Gasteiger partial charge in [-0.15, -0.1) is 0 Å². The lowest BCUT2D eigenvalue weighted by atomic mass is 10.1. The van der Waals surface area contributed by atoms with Gasteiger partial charge in [-0.3, -0.25) is 10.3 Å². The van der Waals surface area contributed by atoms with Crippen molar-refractivity contribution >= 4 is 23.2 Å². The first-order chi connectivity index (χ1) is 9.99. The fourth-order valence-electron chi connectivity index (χ4n) is 1.84. The Bertz CT molecular complexity index is 670. The van der Waals surface area contributed by atoms with Crippen molar-refractivity contribution in [3.05, 3.63) is 59.9 Å². The van der Waals surface area contributed by atoms with E-state index in [-0.39, 0.29) is 11.7 Å². The van der Waals surface area contributed by atoms with Crippen LogP contribution >= 0.6 is 0 Å². The second kappa shape index (κ2) is 6.04. The van der Waals surface area contributed by atoms with E-state index in [0.717, 1.165) is 0 Å². The molecule has 0 radical (unpaired) electrons. The monoisotopic (exact) mass is 286 g/mol. The van der Waals surface area contributed by atoms with Crippen molar-refractivity contribution in [3.63, 3.8) is 0 Å². The van der Waals surface area contributed by atoms with Crippen LogP contribution in [0.15, 0.2) is 48.5 Å². The van der Waals surface area contributed by atoms with Crippen molar-refractivity contribution in [3.8, 4) is 0 Å². The molecular formula is C15H15FN4O. The molecule has 2 aromatic carbocycles. The van der Waals surface area contributed by atoms with Crippen LogP contribution in [-0.2, 0) is 0 Å². The number of nitrogen functional groups attached to an aromatic ring is 1. The van der Waals surface area contributed by atoms with Gasteiger partial charge in [0.25, 0.3) is 0 Å². The third-order valence-electron chi connectivity index (χ3n) is 2.96. The minimum absolute atomic E-state index is 0.118. The zero-order valence-corrected chi connectivity index (χ0v) is 11.4. The largest absolute Gasteiger partial charge is 0.384 e. The normalized spacial score (nSPS) is 10.0. The van der Waals surface area contributed by atoms with Crippen molar-refractivity contribution in [2.75, 3.05) is 17.3 Å². The van der Waals surface area contributed by atoms with Crippen molar-refractivity contribution in [2.24, 2.45) is 5.73 Å². The molecule has 0 heterocycles. The van der Waals surface area contributed by atoms with Crippen LogP contribution < -0.4 is 16.0 Å². The lowest BCUT2D eigenvalue weighted by molar-refractivity contribution is 0.258. The molecule has 4 N–H and O–H groups in total. The second-order valence-electron chi connectivity index (χ2n) is 4.43. The summed E-state index contributed by atoms with van der Waals surface area (Å²) < 4.78 is 12.8. The zero-order chi connectivity index (χ0) is 15.4. The number of amidine groups is 1. The highest BCUT2D eigenvalue weighted by atomic mass is 19.1. The quantitative estimate of drug-likeness (QED) is 0.599. The molecule has 0 aliphatic rings. The number of rotatable bonds is 3. The number of halogens is 1.